The van der Waals surface area contributed by atoms with E-state index in [2.05, 4.69) is 15.6 Å². The summed E-state index contributed by atoms with van der Waals surface area (Å²) in [4.78, 5) is 21.5. The largest absolute Gasteiger partial charge is 0.508 e. The Bertz CT molecular complexity index is 1130. The lowest BCUT2D eigenvalue weighted by Gasteiger charge is -2.11. The lowest BCUT2D eigenvalue weighted by molar-refractivity contribution is 0.0955. The van der Waals surface area contributed by atoms with E-state index in [0.29, 0.717) is 24.5 Å². The molecular weight excluding hydrogens is 364 g/mol. The minimum atomic E-state index is -0.190. The first-order valence-corrected chi connectivity index (χ1v) is 9.34. The molecular formula is C23H20N4O2. The average Bonchev–Trinajstić information content (AvgIpc) is 2.77. The fourth-order valence-electron chi connectivity index (χ4n) is 3.00. The summed E-state index contributed by atoms with van der Waals surface area (Å²) in [6, 6.07) is 23.8. The second-order valence-electron chi connectivity index (χ2n) is 6.51. The SMILES string of the molecule is O=C(NCCNc1nc(-c2ccccc2)nc2ccccc12)c1ccc(O)cc1. The summed E-state index contributed by atoms with van der Waals surface area (Å²) in [7, 11) is 0. The number of hydrogen-bond donors (Lipinski definition) is 3. The maximum Gasteiger partial charge on any atom is 0.251 e. The van der Waals surface area contributed by atoms with Gasteiger partial charge in [-0.25, -0.2) is 9.97 Å². The number of aromatic nitrogens is 2. The highest BCUT2D eigenvalue weighted by molar-refractivity contribution is 5.94. The molecule has 1 aromatic heterocycles. The van der Waals surface area contributed by atoms with Gasteiger partial charge >= 0.3 is 0 Å². The van der Waals surface area contributed by atoms with Gasteiger partial charge in [-0.05, 0) is 36.4 Å². The maximum atomic E-state index is 12.2. The molecule has 1 amide bonds. The number of benzene rings is 3. The quantitative estimate of drug-likeness (QED) is 0.440. The topological polar surface area (TPSA) is 87.1 Å². The number of carbonyl (C=O) groups excluding carboxylic acids is 1. The van der Waals surface area contributed by atoms with Gasteiger partial charge in [0, 0.05) is 29.6 Å². The van der Waals surface area contributed by atoms with Gasteiger partial charge in [0.15, 0.2) is 5.82 Å². The summed E-state index contributed by atoms with van der Waals surface area (Å²) >= 11 is 0. The number of aromatic hydroxyl groups is 1. The lowest BCUT2D eigenvalue weighted by atomic mass is 10.2. The minimum absolute atomic E-state index is 0.132. The maximum absolute atomic E-state index is 12.2. The number of fused-ring (bicyclic) bond motifs is 1. The van der Waals surface area contributed by atoms with Gasteiger partial charge in [0.2, 0.25) is 0 Å². The zero-order valence-electron chi connectivity index (χ0n) is 15.7. The molecule has 0 saturated carbocycles. The van der Waals surface area contributed by atoms with E-state index < -0.39 is 0 Å². The van der Waals surface area contributed by atoms with E-state index in [1.165, 1.54) is 12.1 Å². The lowest BCUT2D eigenvalue weighted by Crippen LogP contribution is -2.28. The number of rotatable bonds is 6. The number of hydrogen-bond acceptors (Lipinski definition) is 5. The molecule has 0 aliphatic heterocycles. The van der Waals surface area contributed by atoms with Crippen LogP contribution in [0.3, 0.4) is 0 Å². The smallest absolute Gasteiger partial charge is 0.251 e. The molecule has 4 aromatic rings. The normalized spacial score (nSPS) is 10.6. The molecule has 0 aliphatic carbocycles. The van der Waals surface area contributed by atoms with Gasteiger partial charge in [0.05, 0.1) is 5.52 Å². The summed E-state index contributed by atoms with van der Waals surface area (Å²) in [5, 5.41) is 16.4. The second kappa shape index (κ2) is 8.39. The van der Waals surface area contributed by atoms with Crippen molar-refractivity contribution in [2.24, 2.45) is 0 Å². The predicted octanol–water partition coefficient (Wildman–Crippen LogP) is 3.84. The number of amides is 1. The number of phenolic OH excluding ortho intramolecular Hbond substituents is 1. The molecule has 0 aliphatic rings. The highest BCUT2D eigenvalue weighted by Gasteiger charge is 2.09. The van der Waals surface area contributed by atoms with Crippen LogP contribution in [0, 0.1) is 0 Å². The predicted molar refractivity (Wildman–Crippen MR) is 114 cm³/mol. The highest BCUT2D eigenvalue weighted by Crippen LogP contribution is 2.24. The van der Waals surface area contributed by atoms with E-state index in [9.17, 15) is 9.90 Å². The summed E-state index contributed by atoms with van der Waals surface area (Å²) < 4.78 is 0. The standard InChI is InChI=1S/C23H20N4O2/c28-18-12-10-17(11-13-18)23(29)25-15-14-24-22-19-8-4-5-9-20(19)26-21(27-22)16-6-2-1-3-7-16/h1-13,28H,14-15H2,(H,25,29)(H,24,26,27). The van der Waals surface area contributed by atoms with Gasteiger partial charge in [0.25, 0.3) is 5.91 Å². The fraction of sp³-hybridized carbons (Fsp3) is 0.0870. The first-order valence-electron chi connectivity index (χ1n) is 9.34. The molecule has 4 rings (SSSR count). The Labute approximate surface area is 168 Å². The fourth-order valence-corrected chi connectivity index (χ4v) is 3.00. The average molecular weight is 384 g/mol. The van der Waals surface area contributed by atoms with Crippen LogP contribution < -0.4 is 10.6 Å². The van der Waals surface area contributed by atoms with Crippen LogP contribution in [0.5, 0.6) is 5.75 Å². The van der Waals surface area contributed by atoms with Crippen LogP contribution in [-0.2, 0) is 0 Å². The van der Waals surface area contributed by atoms with E-state index in [1.807, 2.05) is 54.6 Å². The number of phenols is 1. The van der Waals surface area contributed by atoms with E-state index in [1.54, 1.807) is 12.1 Å². The van der Waals surface area contributed by atoms with Crippen LogP contribution in [0.15, 0.2) is 78.9 Å². The summed E-state index contributed by atoms with van der Waals surface area (Å²) in [6.45, 7) is 0.942. The summed E-state index contributed by atoms with van der Waals surface area (Å²) in [5.41, 5.74) is 2.31. The van der Waals surface area contributed by atoms with Crippen LogP contribution >= 0.6 is 0 Å². The third kappa shape index (κ3) is 4.32. The molecule has 0 spiro atoms. The van der Waals surface area contributed by atoms with Crippen LogP contribution in [0.25, 0.3) is 22.3 Å². The van der Waals surface area contributed by atoms with Crippen molar-refractivity contribution in [1.29, 1.82) is 0 Å². The van der Waals surface area contributed by atoms with Gasteiger partial charge in [-0.2, -0.15) is 0 Å². The van der Waals surface area contributed by atoms with Crippen LogP contribution in [-0.4, -0.2) is 34.1 Å². The number of nitrogens with one attached hydrogen (secondary N) is 2. The van der Waals surface area contributed by atoms with Crippen LogP contribution in [0.4, 0.5) is 5.82 Å². The summed E-state index contributed by atoms with van der Waals surface area (Å²) in [6.07, 6.45) is 0. The Morgan fingerprint density at radius 3 is 2.34 bits per heavy atom. The molecule has 3 aromatic carbocycles. The van der Waals surface area contributed by atoms with Crippen molar-refractivity contribution in [3.63, 3.8) is 0 Å². The van der Waals surface area contributed by atoms with E-state index in [-0.39, 0.29) is 11.7 Å². The van der Waals surface area contributed by atoms with Crippen molar-refractivity contribution < 1.29 is 9.90 Å². The molecule has 0 unspecified atom stereocenters. The van der Waals surface area contributed by atoms with Crippen LogP contribution in [0.1, 0.15) is 10.4 Å². The highest BCUT2D eigenvalue weighted by atomic mass is 16.3. The molecule has 0 fully saturated rings. The minimum Gasteiger partial charge on any atom is -0.508 e. The van der Waals surface area contributed by atoms with Crippen molar-refractivity contribution in [2.75, 3.05) is 18.4 Å². The molecule has 0 bridgehead atoms. The van der Waals surface area contributed by atoms with Crippen molar-refractivity contribution in [3.05, 3.63) is 84.4 Å². The zero-order chi connectivity index (χ0) is 20.1. The Kier molecular flexibility index (Phi) is 5.33. The van der Waals surface area contributed by atoms with Gasteiger partial charge < -0.3 is 15.7 Å². The molecule has 6 nitrogen and oxygen atoms in total. The Hall–Kier alpha value is -3.93. The monoisotopic (exact) mass is 384 g/mol. The molecule has 3 N–H and O–H groups in total. The molecule has 144 valence electrons. The Morgan fingerprint density at radius 2 is 1.55 bits per heavy atom. The number of nitrogens with zero attached hydrogens (tertiary/aromatic N) is 2. The molecule has 0 saturated heterocycles. The molecule has 0 atom stereocenters. The van der Waals surface area contributed by atoms with E-state index >= 15 is 0 Å². The first kappa shape index (κ1) is 18.4. The molecule has 29 heavy (non-hydrogen) atoms. The van der Waals surface area contributed by atoms with Crippen LogP contribution in [0.2, 0.25) is 0 Å². The van der Waals surface area contributed by atoms with Gasteiger partial charge in [0.1, 0.15) is 11.6 Å². The number of anilines is 1. The second-order valence-corrected chi connectivity index (χ2v) is 6.51. The molecule has 6 heteroatoms. The molecule has 1 heterocycles. The number of para-hydroxylation sites is 1. The first-order chi connectivity index (χ1) is 14.2. The number of carbonyl (C=O) groups is 1. The van der Waals surface area contributed by atoms with Crippen molar-refractivity contribution in [1.82, 2.24) is 15.3 Å². The van der Waals surface area contributed by atoms with Gasteiger partial charge in [-0.3, -0.25) is 4.79 Å². The van der Waals surface area contributed by atoms with Crippen molar-refractivity contribution in [3.8, 4) is 17.1 Å². The van der Waals surface area contributed by atoms with Gasteiger partial charge in [-0.15, -0.1) is 0 Å². The van der Waals surface area contributed by atoms with E-state index in [0.717, 1.165) is 22.3 Å². The van der Waals surface area contributed by atoms with Crippen molar-refractivity contribution in [2.45, 2.75) is 0 Å². The van der Waals surface area contributed by atoms with Crippen molar-refractivity contribution >= 4 is 22.6 Å². The zero-order valence-corrected chi connectivity index (χ0v) is 15.7. The Balaban J connectivity index is 1.47. The summed E-state index contributed by atoms with van der Waals surface area (Å²) in [5.74, 6) is 1.32. The molecule has 0 radical (unpaired) electrons. The third-order valence-corrected chi connectivity index (χ3v) is 4.47. The Morgan fingerprint density at radius 1 is 0.828 bits per heavy atom. The third-order valence-electron chi connectivity index (χ3n) is 4.47. The van der Waals surface area contributed by atoms with E-state index in [4.69, 9.17) is 4.98 Å². The van der Waals surface area contributed by atoms with Gasteiger partial charge in [-0.1, -0.05) is 42.5 Å².